The molecule has 9 heteroatoms. The second-order valence-electron chi connectivity index (χ2n) is 9.36. The smallest absolute Gasteiger partial charge is 0.227 e. The molecule has 0 radical (unpaired) electrons. The summed E-state index contributed by atoms with van der Waals surface area (Å²) in [4.78, 5) is 11.6. The molecule has 2 heterocycles. The summed E-state index contributed by atoms with van der Waals surface area (Å²) in [6.07, 6.45) is 2.26. The first-order valence-corrected chi connectivity index (χ1v) is 10.1. The second-order valence-corrected chi connectivity index (χ2v) is 9.75. The SMILES string of the molecule is CC(C)(C)c1cc(-c2n[nH]c(=S)n2N=Cc2cc(=O)c(O)co2)cc(C(C)(C)C)c1O. The van der Waals surface area contributed by atoms with Gasteiger partial charge in [-0.15, -0.1) is 0 Å². The van der Waals surface area contributed by atoms with Gasteiger partial charge in [0.1, 0.15) is 12.0 Å². The van der Waals surface area contributed by atoms with Crippen LogP contribution >= 0.6 is 12.2 Å². The largest absolute Gasteiger partial charge is 0.507 e. The molecule has 0 bridgehead atoms. The van der Waals surface area contributed by atoms with Crippen LogP contribution in [0.3, 0.4) is 0 Å². The lowest BCUT2D eigenvalue weighted by Crippen LogP contribution is -2.17. The van der Waals surface area contributed by atoms with E-state index in [-0.39, 0.29) is 27.1 Å². The van der Waals surface area contributed by atoms with Crippen molar-refractivity contribution in [3.05, 3.63) is 56.3 Å². The summed E-state index contributed by atoms with van der Waals surface area (Å²) in [5.41, 5.74) is 1.09. The molecule has 3 rings (SSSR count). The summed E-state index contributed by atoms with van der Waals surface area (Å²) in [7, 11) is 0. The molecule has 0 saturated carbocycles. The summed E-state index contributed by atoms with van der Waals surface area (Å²) in [5, 5.41) is 31.7. The lowest BCUT2D eigenvalue weighted by molar-refractivity contribution is 0.423. The summed E-state index contributed by atoms with van der Waals surface area (Å²) in [6.45, 7) is 12.2. The molecule has 31 heavy (non-hydrogen) atoms. The molecule has 0 saturated heterocycles. The van der Waals surface area contributed by atoms with Gasteiger partial charge < -0.3 is 14.6 Å². The number of aromatic amines is 1. The first kappa shape index (κ1) is 22.5. The molecule has 164 valence electrons. The van der Waals surface area contributed by atoms with Gasteiger partial charge in [-0.05, 0) is 35.2 Å². The number of hydrogen-bond acceptors (Lipinski definition) is 7. The highest BCUT2D eigenvalue weighted by Crippen LogP contribution is 2.41. The third kappa shape index (κ3) is 4.61. The van der Waals surface area contributed by atoms with Crippen LogP contribution in [0.1, 0.15) is 58.4 Å². The molecule has 3 aromatic rings. The van der Waals surface area contributed by atoms with Crippen LogP contribution in [0.25, 0.3) is 11.4 Å². The standard InChI is InChI=1S/C22H26N4O4S/c1-21(2,3)14-7-12(8-15(18(14)29)22(4,5)6)19-24-25-20(31)26(19)23-10-13-9-16(27)17(28)11-30-13/h7-11,28-29H,1-6H3,(H,25,31). The van der Waals surface area contributed by atoms with E-state index in [1.165, 1.54) is 10.9 Å². The second kappa shape index (κ2) is 7.81. The van der Waals surface area contributed by atoms with Crippen molar-refractivity contribution in [2.75, 3.05) is 0 Å². The van der Waals surface area contributed by atoms with Gasteiger partial charge in [-0.25, -0.2) is 5.10 Å². The maximum Gasteiger partial charge on any atom is 0.227 e. The van der Waals surface area contributed by atoms with Crippen LogP contribution in [0.5, 0.6) is 11.5 Å². The number of aromatic hydroxyl groups is 2. The zero-order valence-electron chi connectivity index (χ0n) is 18.3. The average molecular weight is 443 g/mol. The molecule has 3 N–H and O–H groups in total. The fraction of sp³-hybridized carbons (Fsp3) is 0.364. The first-order chi connectivity index (χ1) is 14.3. The van der Waals surface area contributed by atoms with Crippen molar-refractivity contribution in [3.63, 3.8) is 0 Å². The van der Waals surface area contributed by atoms with Gasteiger partial charge in [0, 0.05) is 22.8 Å². The van der Waals surface area contributed by atoms with E-state index < -0.39 is 11.2 Å². The topological polar surface area (TPSA) is 117 Å². The minimum atomic E-state index is -0.577. The quantitative estimate of drug-likeness (QED) is 0.408. The third-order valence-corrected chi connectivity index (χ3v) is 5.03. The van der Waals surface area contributed by atoms with E-state index >= 15 is 0 Å². The Balaban J connectivity index is 2.18. The number of nitrogens with one attached hydrogen (secondary N) is 1. The molecule has 2 aromatic heterocycles. The Labute approximate surface area is 184 Å². The number of hydrogen-bond donors (Lipinski definition) is 3. The van der Waals surface area contributed by atoms with E-state index in [9.17, 15) is 15.0 Å². The normalized spacial score (nSPS) is 12.6. The molecule has 0 unspecified atom stereocenters. The Kier molecular flexibility index (Phi) is 5.66. The molecule has 0 aliphatic heterocycles. The molecular formula is C22H26N4O4S. The van der Waals surface area contributed by atoms with Gasteiger partial charge >= 0.3 is 0 Å². The van der Waals surface area contributed by atoms with E-state index in [1.807, 2.05) is 53.7 Å². The summed E-state index contributed by atoms with van der Waals surface area (Å²) >= 11 is 5.32. The Hall–Kier alpha value is -3.20. The van der Waals surface area contributed by atoms with Crippen molar-refractivity contribution >= 4 is 18.4 Å². The molecule has 8 nitrogen and oxygen atoms in total. The number of rotatable bonds is 3. The molecular weight excluding hydrogens is 416 g/mol. The summed E-state index contributed by atoms with van der Waals surface area (Å²) in [6, 6.07) is 4.88. The van der Waals surface area contributed by atoms with Crippen molar-refractivity contribution in [3.8, 4) is 22.9 Å². The number of benzene rings is 1. The van der Waals surface area contributed by atoms with Crippen molar-refractivity contribution in [1.82, 2.24) is 14.9 Å². The van der Waals surface area contributed by atoms with Gasteiger partial charge in [0.2, 0.25) is 10.2 Å². The van der Waals surface area contributed by atoms with Crippen molar-refractivity contribution in [2.24, 2.45) is 5.10 Å². The van der Waals surface area contributed by atoms with Gasteiger partial charge in [0.15, 0.2) is 17.3 Å². The lowest BCUT2D eigenvalue weighted by Gasteiger charge is -2.28. The van der Waals surface area contributed by atoms with Crippen molar-refractivity contribution in [1.29, 1.82) is 0 Å². The van der Waals surface area contributed by atoms with E-state index in [0.717, 1.165) is 29.0 Å². The van der Waals surface area contributed by atoms with Gasteiger partial charge in [-0.2, -0.15) is 14.9 Å². The van der Waals surface area contributed by atoms with Crippen LogP contribution in [0, 0.1) is 4.77 Å². The molecule has 0 atom stereocenters. The molecule has 1 aromatic carbocycles. The average Bonchev–Trinajstić information content (AvgIpc) is 3.01. The van der Waals surface area contributed by atoms with E-state index in [2.05, 4.69) is 15.3 Å². The van der Waals surface area contributed by atoms with Gasteiger partial charge in [-0.3, -0.25) is 4.79 Å². The van der Waals surface area contributed by atoms with Crippen LogP contribution in [0.15, 0.2) is 38.8 Å². The van der Waals surface area contributed by atoms with Crippen molar-refractivity contribution in [2.45, 2.75) is 52.4 Å². The van der Waals surface area contributed by atoms with Crippen LogP contribution < -0.4 is 5.43 Å². The molecule has 0 aliphatic carbocycles. The summed E-state index contributed by atoms with van der Waals surface area (Å²) < 4.78 is 6.81. The summed E-state index contributed by atoms with van der Waals surface area (Å²) in [5.74, 6) is 0.372. The van der Waals surface area contributed by atoms with Gasteiger partial charge in [0.05, 0.1) is 6.21 Å². The Morgan fingerprint density at radius 3 is 2.19 bits per heavy atom. The predicted molar refractivity (Wildman–Crippen MR) is 122 cm³/mol. The Morgan fingerprint density at radius 2 is 1.68 bits per heavy atom. The third-order valence-electron chi connectivity index (χ3n) is 4.77. The van der Waals surface area contributed by atoms with Crippen molar-refractivity contribution < 1.29 is 14.6 Å². The predicted octanol–water partition coefficient (Wildman–Crippen LogP) is 4.45. The number of nitrogens with zero attached hydrogens (tertiary/aromatic N) is 3. The Bertz CT molecular complexity index is 1240. The van der Waals surface area contributed by atoms with Crippen LogP contribution in [0.2, 0.25) is 0 Å². The van der Waals surface area contributed by atoms with Crippen LogP contribution in [0.4, 0.5) is 0 Å². The zero-order valence-corrected chi connectivity index (χ0v) is 19.2. The molecule has 0 fully saturated rings. The van der Waals surface area contributed by atoms with E-state index in [1.54, 1.807) is 0 Å². The monoisotopic (exact) mass is 442 g/mol. The lowest BCUT2D eigenvalue weighted by atomic mass is 9.78. The molecule has 0 spiro atoms. The number of aromatic nitrogens is 3. The highest BCUT2D eigenvalue weighted by atomic mass is 32.1. The molecule has 0 aliphatic rings. The van der Waals surface area contributed by atoms with E-state index in [0.29, 0.717) is 5.82 Å². The fourth-order valence-electron chi connectivity index (χ4n) is 3.09. The van der Waals surface area contributed by atoms with E-state index in [4.69, 9.17) is 16.6 Å². The first-order valence-electron chi connectivity index (χ1n) is 9.71. The highest BCUT2D eigenvalue weighted by molar-refractivity contribution is 7.71. The molecule has 0 amide bonds. The highest BCUT2D eigenvalue weighted by Gasteiger charge is 2.27. The maximum atomic E-state index is 11.6. The van der Waals surface area contributed by atoms with Crippen LogP contribution in [-0.2, 0) is 10.8 Å². The van der Waals surface area contributed by atoms with Gasteiger partial charge in [-0.1, -0.05) is 41.5 Å². The number of phenolic OH excluding ortho intramolecular Hbond substituents is 1. The Morgan fingerprint density at radius 1 is 1.10 bits per heavy atom. The number of phenols is 1. The number of H-pyrrole nitrogens is 1. The van der Waals surface area contributed by atoms with Gasteiger partial charge in [0.25, 0.3) is 0 Å². The minimum absolute atomic E-state index is 0.147. The maximum absolute atomic E-state index is 11.6. The zero-order chi connectivity index (χ0) is 23.1. The minimum Gasteiger partial charge on any atom is -0.507 e. The fourth-order valence-corrected chi connectivity index (χ4v) is 3.27. The van der Waals surface area contributed by atoms with Crippen LogP contribution in [-0.4, -0.2) is 31.3 Å².